The van der Waals surface area contributed by atoms with E-state index in [0.29, 0.717) is 11.5 Å². The van der Waals surface area contributed by atoms with Crippen molar-refractivity contribution in [3.8, 4) is 22.8 Å². The van der Waals surface area contributed by atoms with E-state index in [4.69, 9.17) is 13.9 Å². The Morgan fingerprint density at radius 1 is 0.929 bits per heavy atom. The molecule has 142 valence electrons. The fourth-order valence-electron chi connectivity index (χ4n) is 2.67. The Bertz CT molecular complexity index is 1030. The van der Waals surface area contributed by atoms with E-state index in [9.17, 15) is 14.0 Å². The number of rotatable bonds is 3. The molecule has 1 aliphatic heterocycles. The van der Waals surface area contributed by atoms with Gasteiger partial charge in [0.1, 0.15) is 18.2 Å². The monoisotopic (exact) mass is 382 g/mol. The van der Waals surface area contributed by atoms with Crippen molar-refractivity contribution in [2.45, 2.75) is 6.10 Å². The lowest BCUT2D eigenvalue weighted by molar-refractivity contribution is -0.131. The highest BCUT2D eigenvalue weighted by atomic mass is 19.1. The third-order valence-electron chi connectivity index (χ3n) is 4.07. The van der Waals surface area contributed by atoms with Crippen LogP contribution < -0.4 is 20.3 Å². The van der Waals surface area contributed by atoms with Gasteiger partial charge in [0.2, 0.25) is 6.10 Å². The number of carbonyl (C=O) groups excluding carboxylic acids is 2. The van der Waals surface area contributed by atoms with Crippen LogP contribution in [0.5, 0.6) is 11.5 Å². The molecule has 2 heterocycles. The summed E-state index contributed by atoms with van der Waals surface area (Å²) in [4.78, 5) is 24.4. The van der Waals surface area contributed by atoms with Gasteiger partial charge in [0.15, 0.2) is 17.3 Å². The van der Waals surface area contributed by atoms with Gasteiger partial charge in [-0.15, -0.1) is 0 Å². The fraction of sp³-hybridized carbons (Fsp3) is 0.100. The van der Waals surface area contributed by atoms with E-state index in [1.54, 1.807) is 36.4 Å². The van der Waals surface area contributed by atoms with Crippen molar-refractivity contribution in [3.05, 3.63) is 72.2 Å². The van der Waals surface area contributed by atoms with Crippen LogP contribution in [0, 0.1) is 5.82 Å². The summed E-state index contributed by atoms with van der Waals surface area (Å²) in [5.74, 6) is -0.615. The van der Waals surface area contributed by atoms with Crippen LogP contribution >= 0.6 is 0 Å². The van der Waals surface area contributed by atoms with Crippen LogP contribution in [-0.2, 0) is 4.79 Å². The Morgan fingerprint density at radius 3 is 2.50 bits per heavy atom. The molecule has 2 N–H and O–H groups in total. The topological polar surface area (TPSA) is 89.8 Å². The summed E-state index contributed by atoms with van der Waals surface area (Å²) in [6.45, 7) is 0.0108. The molecule has 0 spiro atoms. The molecule has 0 bridgehead atoms. The first kappa shape index (κ1) is 17.6. The zero-order valence-corrected chi connectivity index (χ0v) is 14.5. The van der Waals surface area contributed by atoms with Crippen LogP contribution in [0.4, 0.5) is 4.39 Å². The Morgan fingerprint density at radius 2 is 1.68 bits per heavy atom. The lowest BCUT2D eigenvalue weighted by Crippen LogP contribution is -2.50. The first-order valence-corrected chi connectivity index (χ1v) is 8.45. The van der Waals surface area contributed by atoms with Crippen molar-refractivity contribution in [2.75, 3.05) is 6.61 Å². The van der Waals surface area contributed by atoms with E-state index in [1.807, 2.05) is 0 Å². The number of hydrogen-bond acceptors (Lipinski definition) is 5. The molecule has 7 nitrogen and oxygen atoms in total. The lowest BCUT2D eigenvalue weighted by atomic mass is 10.1. The number of ether oxygens (including phenoxy) is 2. The Hall–Kier alpha value is -3.81. The van der Waals surface area contributed by atoms with Crippen LogP contribution in [-0.4, -0.2) is 24.5 Å². The Labute approximate surface area is 159 Å². The molecular formula is C20H15FN2O5. The highest BCUT2D eigenvalue weighted by Gasteiger charge is 2.27. The minimum Gasteiger partial charge on any atom is -0.485 e. The van der Waals surface area contributed by atoms with Gasteiger partial charge >= 0.3 is 5.91 Å². The first-order chi connectivity index (χ1) is 13.6. The number of furan rings is 1. The first-order valence-electron chi connectivity index (χ1n) is 8.45. The second-order valence-corrected chi connectivity index (χ2v) is 5.95. The van der Waals surface area contributed by atoms with Crippen molar-refractivity contribution in [1.82, 2.24) is 10.9 Å². The number of fused-ring (bicyclic) bond motifs is 1. The normalized spacial score (nSPS) is 15.0. The maximum atomic E-state index is 13.8. The van der Waals surface area contributed by atoms with E-state index < -0.39 is 23.7 Å². The van der Waals surface area contributed by atoms with Gasteiger partial charge in [0, 0.05) is 0 Å². The SMILES string of the molecule is O=C(NNC(=O)C1COc2ccccc2O1)c1ccc(-c2ccccc2F)o1. The number of hydrazine groups is 1. The predicted octanol–water partition coefficient (Wildman–Crippen LogP) is 2.69. The third kappa shape index (κ3) is 3.52. The maximum absolute atomic E-state index is 13.8. The zero-order chi connectivity index (χ0) is 19.5. The molecular weight excluding hydrogens is 367 g/mol. The van der Waals surface area contributed by atoms with Gasteiger partial charge in [-0.25, -0.2) is 4.39 Å². The van der Waals surface area contributed by atoms with Crippen molar-refractivity contribution >= 4 is 11.8 Å². The Kier molecular flexibility index (Phi) is 4.67. The standard InChI is InChI=1S/C20H15FN2O5/c21-13-6-2-1-5-12(13)14-9-10-17(27-14)19(24)22-23-20(25)18-11-26-15-7-3-4-8-16(15)28-18/h1-10,18H,11H2,(H,22,24)(H,23,25). The third-order valence-corrected chi connectivity index (χ3v) is 4.07. The highest BCUT2D eigenvalue weighted by molar-refractivity contribution is 5.94. The summed E-state index contributed by atoms with van der Waals surface area (Å²) < 4.78 is 30.2. The Balaban J connectivity index is 1.36. The quantitative estimate of drug-likeness (QED) is 0.680. The number of carbonyl (C=O) groups is 2. The molecule has 0 fully saturated rings. The fourth-order valence-corrected chi connectivity index (χ4v) is 2.67. The summed E-state index contributed by atoms with van der Waals surface area (Å²) >= 11 is 0. The van der Waals surface area contributed by atoms with Gasteiger partial charge in [0.05, 0.1) is 5.56 Å². The number of halogens is 1. The number of nitrogens with one attached hydrogen (secondary N) is 2. The summed E-state index contributed by atoms with van der Waals surface area (Å²) in [7, 11) is 0. The molecule has 0 radical (unpaired) electrons. The molecule has 28 heavy (non-hydrogen) atoms. The zero-order valence-electron chi connectivity index (χ0n) is 14.5. The van der Waals surface area contributed by atoms with Crippen molar-refractivity contribution in [3.63, 3.8) is 0 Å². The van der Waals surface area contributed by atoms with Crippen LogP contribution in [0.3, 0.4) is 0 Å². The average Bonchev–Trinajstić information content (AvgIpc) is 3.22. The summed E-state index contributed by atoms with van der Waals surface area (Å²) in [6, 6.07) is 15.9. The number of amides is 2. The molecule has 2 aromatic carbocycles. The molecule has 0 saturated heterocycles. The predicted molar refractivity (Wildman–Crippen MR) is 96.1 cm³/mol. The van der Waals surface area contributed by atoms with Gasteiger partial charge in [-0.2, -0.15) is 0 Å². The average molecular weight is 382 g/mol. The van der Waals surface area contributed by atoms with E-state index in [0.717, 1.165) is 0 Å². The van der Waals surface area contributed by atoms with E-state index in [1.165, 1.54) is 24.3 Å². The van der Waals surface area contributed by atoms with Gasteiger partial charge in [-0.3, -0.25) is 20.4 Å². The largest absolute Gasteiger partial charge is 0.485 e. The number of benzene rings is 2. The van der Waals surface area contributed by atoms with E-state index >= 15 is 0 Å². The number of hydrogen-bond donors (Lipinski definition) is 2. The summed E-state index contributed by atoms with van der Waals surface area (Å²) in [5.41, 5.74) is 4.74. The molecule has 1 unspecified atom stereocenters. The van der Waals surface area contributed by atoms with Gasteiger partial charge < -0.3 is 13.9 Å². The van der Waals surface area contributed by atoms with Crippen molar-refractivity contribution < 1.29 is 27.9 Å². The molecule has 1 aromatic heterocycles. The smallest absolute Gasteiger partial charge is 0.305 e. The van der Waals surface area contributed by atoms with E-state index in [-0.39, 0.29) is 23.7 Å². The van der Waals surface area contributed by atoms with Crippen molar-refractivity contribution in [2.24, 2.45) is 0 Å². The maximum Gasteiger partial charge on any atom is 0.305 e. The molecule has 1 aliphatic rings. The minimum atomic E-state index is -0.916. The van der Waals surface area contributed by atoms with Crippen LogP contribution in [0.2, 0.25) is 0 Å². The van der Waals surface area contributed by atoms with Crippen LogP contribution in [0.25, 0.3) is 11.3 Å². The second-order valence-electron chi connectivity index (χ2n) is 5.95. The molecule has 0 saturated carbocycles. The molecule has 4 rings (SSSR count). The van der Waals surface area contributed by atoms with E-state index in [2.05, 4.69) is 10.9 Å². The van der Waals surface area contributed by atoms with Gasteiger partial charge in [-0.05, 0) is 36.4 Å². The van der Waals surface area contributed by atoms with Crippen molar-refractivity contribution in [1.29, 1.82) is 0 Å². The molecule has 8 heteroatoms. The van der Waals surface area contributed by atoms with Gasteiger partial charge in [-0.1, -0.05) is 24.3 Å². The van der Waals surface area contributed by atoms with Crippen LogP contribution in [0.15, 0.2) is 65.1 Å². The molecule has 1 atom stereocenters. The molecule has 0 aliphatic carbocycles. The molecule has 3 aromatic rings. The molecule has 2 amide bonds. The summed E-state index contributed by atoms with van der Waals surface area (Å²) in [6.07, 6.45) is -0.916. The second kappa shape index (κ2) is 7.43. The van der Waals surface area contributed by atoms with Gasteiger partial charge in [0.25, 0.3) is 5.91 Å². The lowest BCUT2D eigenvalue weighted by Gasteiger charge is -2.25. The van der Waals surface area contributed by atoms with Crippen LogP contribution in [0.1, 0.15) is 10.6 Å². The highest BCUT2D eigenvalue weighted by Crippen LogP contribution is 2.30. The number of para-hydroxylation sites is 2. The minimum absolute atomic E-state index is 0.0108. The summed E-state index contributed by atoms with van der Waals surface area (Å²) in [5, 5.41) is 0.